The number of aromatic nitrogens is 2. The second-order valence-corrected chi connectivity index (χ2v) is 3.33. The van der Waals surface area contributed by atoms with Crippen LogP contribution in [0.15, 0.2) is 35.1 Å². The molecule has 0 amide bonds. The van der Waals surface area contributed by atoms with Crippen LogP contribution in [0, 0.1) is 0 Å². The van der Waals surface area contributed by atoms with Crippen molar-refractivity contribution >= 4 is 12.4 Å². The van der Waals surface area contributed by atoms with Crippen LogP contribution in [0.1, 0.15) is 11.5 Å². The van der Waals surface area contributed by atoms with Crippen LogP contribution in [0.4, 0.5) is 12.9 Å². The Balaban J connectivity index is 0.00000144. The maximum Gasteiger partial charge on any atom is 1.00 e. The number of nitrogens with zero attached hydrogens (tertiary/aromatic N) is 2. The largest absolute Gasteiger partial charge is 1.00 e. The summed E-state index contributed by atoms with van der Waals surface area (Å²) in [6.07, 6.45) is 1.35. The van der Waals surface area contributed by atoms with Gasteiger partial charge in [-0.25, -0.2) is 0 Å². The van der Waals surface area contributed by atoms with Crippen LogP contribution in [0.3, 0.4) is 0 Å². The first-order valence-corrected chi connectivity index (χ1v) is 4.59. The summed E-state index contributed by atoms with van der Waals surface area (Å²) < 4.78 is 42.2. The second kappa shape index (κ2) is 6.15. The molecule has 0 spiro atoms. The van der Waals surface area contributed by atoms with Crippen LogP contribution in [-0.2, 0) is 6.42 Å². The smallest absolute Gasteiger partial charge is 0.445 e. The fraction of sp³-hybridized carbons (Fsp3) is 0.111. The van der Waals surface area contributed by atoms with Crippen molar-refractivity contribution in [1.29, 1.82) is 0 Å². The summed E-state index contributed by atoms with van der Waals surface area (Å²) in [5.74, 6) is 0.298. The van der Waals surface area contributed by atoms with Crippen molar-refractivity contribution < 1.29 is 68.7 Å². The van der Waals surface area contributed by atoms with Gasteiger partial charge in [-0.1, -0.05) is 24.3 Å². The summed E-state index contributed by atoms with van der Waals surface area (Å²) in [7, 11) is 0. The molecule has 0 saturated carbocycles. The van der Waals surface area contributed by atoms with Crippen LogP contribution in [0.2, 0.25) is 0 Å². The molecular weight excluding hydrogens is 259 g/mol. The van der Waals surface area contributed by atoms with E-state index in [1.165, 1.54) is 6.07 Å². The van der Waals surface area contributed by atoms with E-state index in [0.717, 1.165) is 18.5 Å². The van der Waals surface area contributed by atoms with Crippen molar-refractivity contribution in [2.24, 2.45) is 0 Å². The molecule has 0 fully saturated rings. The summed E-state index contributed by atoms with van der Waals surface area (Å²) in [6, 6.07) is 5.12. The van der Waals surface area contributed by atoms with E-state index in [0.29, 0.717) is 11.5 Å². The van der Waals surface area contributed by atoms with Crippen molar-refractivity contribution in [3.8, 4) is 0 Å². The Hall–Kier alpha value is -0.149. The van der Waals surface area contributed by atoms with Crippen LogP contribution in [0.5, 0.6) is 0 Å². The molecule has 0 atom stereocenters. The first-order chi connectivity index (χ1) is 7.55. The molecule has 0 aliphatic carbocycles. The normalized spacial score (nSPS) is 11.0. The van der Waals surface area contributed by atoms with Gasteiger partial charge in [0.15, 0.2) is 0 Å². The Morgan fingerprint density at radius 1 is 1.24 bits per heavy atom. The zero-order chi connectivity index (χ0) is 11.6. The third-order valence-corrected chi connectivity index (χ3v) is 2.09. The second-order valence-electron chi connectivity index (χ2n) is 3.33. The topological polar surface area (TPSA) is 38.9 Å². The fourth-order valence-corrected chi connectivity index (χ4v) is 1.35. The van der Waals surface area contributed by atoms with Crippen molar-refractivity contribution in [2.75, 3.05) is 0 Å². The van der Waals surface area contributed by atoms with Crippen LogP contribution < -0.4 is 56.8 Å². The van der Waals surface area contributed by atoms with Crippen molar-refractivity contribution in [3.63, 3.8) is 0 Å². The van der Waals surface area contributed by atoms with Gasteiger partial charge in [0.2, 0.25) is 12.3 Å². The summed E-state index contributed by atoms with van der Waals surface area (Å²) in [5, 5.41) is 7.07. The molecule has 2 aromatic rings. The molecule has 0 saturated heterocycles. The van der Waals surface area contributed by atoms with Gasteiger partial charge >= 0.3 is 58.4 Å². The van der Waals surface area contributed by atoms with Crippen molar-refractivity contribution in [1.82, 2.24) is 10.2 Å². The Morgan fingerprint density at radius 3 is 2.59 bits per heavy atom. The number of rotatable bonds is 3. The molecule has 8 heteroatoms. The summed E-state index contributed by atoms with van der Waals surface area (Å²) >= 11 is 0. The zero-order valence-corrected chi connectivity index (χ0v) is 12.2. The molecule has 0 bridgehead atoms. The molecular formula is C9H7BF3KN2O. The average Bonchev–Trinajstić information content (AvgIpc) is 2.70. The Morgan fingerprint density at radius 2 is 2.00 bits per heavy atom. The van der Waals surface area contributed by atoms with Crippen molar-refractivity contribution in [2.45, 2.75) is 6.42 Å². The first kappa shape index (κ1) is 14.9. The van der Waals surface area contributed by atoms with E-state index in [4.69, 9.17) is 4.42 Å². The molecule has 84 valence electrons. The standard InChI is InChI=1S/C9H7BF3N2O.K/c11-10(12,13)8-3-1-2-7(4-8)5-9-15-14-6-16-9;/h1-4,6H,5H2;/q-1;+1. The van der Waals surface area contributed by atoms with Gasteiger partial charge in [0.05, 0.1) is 6.42 Å². The van der Waals surface area contributed by atoms with E-state index < -0.39 is 12.4 Å². The molecule has 1 aromatic heterocycles. The van der Waals surface area contributed by atoms with E-state index >= 15 is 0 Å². The minimum atomic E-state index is -4.96. The van der Waals surface area contributed by atoms with Crippen LogP contribution >= 0.6 is 0 Å². The Labute approximate surface area is 138 Å². The molecule has 3 nitrogen and oxygen atoms in total. The van der Waals surface area contributed by atoms with Gasteiger partial charge in [-0.3, -0.25) is 0 Å². The SMILES string of the molecule is F[B-](F)(F)c1cccc(Cc2nnco2)c1.[K+]. The van der Waals surface area contributed by atoms with E-state index in [1.807, 2.05) is 0 Å². The molecule has 0 N–H and O–H groups in total. The van der Waals surface area contributed by atoms with Gasteiger partial charge in [-0.05, 0) is 5.56 Å². The predicted octanol–water partition coefficient (Wildman–Crippen LogP) is -1.28. The number of halogens is 3. The summed E-state index contributed by atoms with van der Waals surface area (Å²) in [5.41, 5.74) is -0.113. The van der Waals surface area contributed by atoms with Crippen molar-refractivity contribution in [3.05, 3.63) is 42.1 Å². The molecule has 0 aliphatic heterocycles. The van der Waals surface area contributed by atoms with Gasteiger partial charge in [-0.2, -0.15) is 0 Å². The number of hydrogen-bond acceptors (Lipinski definition) is 3. The first-order valence-electron chi connectivity index (χ1n) is 4.59. The van der Waals surface area contributed by atoms with Crippen LogP contribution in [0.25, 0.3) is 0 Å². The van der Waals surface area contributed by atoms with E-state index in [2.05, 4.69) is 10.2 Å². The predicted molar refractivity (Wildman–Crippen MR) is 52.3 cm³/mol. The van der Waals surface area contributed by atoms with Gasteiger partial charge in [-0.15, -0.1) is 15.7 Å². The Bertz CT molecular complexity index is 475. The zero-order valence-electron chi connectivity index (χ0n) is 9.11. The monoisotopic (exact) mass is 266 g/mol. The third kappa shape index (κ3) is 4.22. The molecule has 0 unspecified atom stereocenters. The third-order valence-electron chi connectivity index (χ3n) is 2.09. The van der Waals surface area contributed by atoms with E-state index in [9.17, 15) is 12.9 Å². The average molecular weight is 266 g/mol. The molecule has 1 aromatic carbocycles. The number of benzene rings is 1. The Kier molecular flexibility index (Phi) is 5.39. The molecule has 0 radical (unpaired) electrons. The minimum absolute atomic E-state index is 0. The quantitative estimate of drug-likeness (QED) is 0.649. The molecule has 0 aliphatic rings. The molecule has 1 heterocycles. The van der Waals surface area contributed by atoms with Gasteiger partial charge in [0.1, 0.15) is 0 Å². The van der Waals surface area contributed by atoms with Gasteiger partial charge in [0.25, 0.3) is 0 Å². The maximum absolute atomic E-state index is 12.5. The molecule has 17 heavy (non-hydrogen) atoms. The van der Waals surface area contributed by atoms with Crippen LogP contribution in [-0.4, -0.2) is 17.2 Å². The summed E-state index contributed by atoms with van der Waals surface area (Å²) in [4.78, 5) is 0. The van der Waals surface area contributed by atoms with Gasteiger partial charge in [0, 0.05) is 0 Å². The summed E-state index contributed by atoms with van der Waals surface area (Å²) in [6.45, 7) is -4.96. The number of hydrogen-bond donors (Lipinski definition) is 0. The van der Waals surface area contributed by atoms with E-state index in [1.54, 1.807) is 6.07 Å². The fourth-order valence-electron chi connectivity index (χ4n) is 1.35. The maximum atomic E-state index is 12.5. The van der Waals surface area contributed by atoms with Gasteiger partial charge < -0.3 is 17.4 Å². The van der Waals surface area contributed by atoms with E-state index in [-0.39, 0.29) is 57.8 Å². The minimum Gasteiger partial charge on any atom is -0.445 e. The molecule has 2 rings (SSSR count).